The van der Waals surface area contributed by atoms with Crippen LogP contribution in [0.4, 0.5) is 0 Å². The van der Waals surface area contributed by atoms with Crippen LogP contribution in [0.15, 0.2) is 24.5 Å². The molecule has 7 heteroatoms. The molecule has 0 bridgehead atoms. The maximum Gasteiger partial charge on any atom is 0.215 e. The molecular formula is C4H8ClNO4S. The molecule has 0 aliphatic heterocycles. The van der Waals surface area contributed by atoms with Gasteiger partial charge in [0.25, 0.3) is 0 Å². The van der Waals surface area contributed by atoms with E-state index in [9.17, 15) is 0 Å². The van der Waals surface area contributed by atoms with Gasteiger partial charge in [0.05, 0.1) is 12.4 Å². The Balaban J connectivity index is 0. The van der Waals surface area contributed by atoms with Crippen LogP contribution in [0.1, 0.15) is 0 Å². The molecule has 0 amide bonds. The minimum absolute atomic E-state index is 0. The number of nitrogens with one attached hydrogen (secondary N) is 1. The molecule has 0 aliphatic carbocycles. The Morgan fingerprint density at radius 1 is 1.27 bits per heavy atom. The highest BCUT2D eigenvalue weighted by atomic mass is 35.5. The number of aromatic nitrogens is 1. The van der Waals surface area contributed by atoms with E-state index >= 15 is 0 Å². The van der Waals surface area contributed by atoms with Gasteiger partial charge in [-0.25, -0.2) is 8.42 Å². The van der Waals surface area contributed by atoms with Gasteiger partial charge in [0.15, 0.2) is 0 Å². The van der Waals surface area contributed by atoms with Gasteiger partial charge in [0, 0.05) is 12.4 Å². The maximum atomic E-state index is 8.63. The van der Waals surface area contributed by atoms with Crippen molar-refractivity contribution in [3.63, 3.8) is 0 Å². The van der Waals surface area contributed by atoms with E-state index in [1.54, 1.807) is 0 Å². The first-order chi connectivity index (χ1) is 4.50. The molecule has 0 aromatic carbocycles. The van der Waals surface area contributed by atoms with Crippen LogP contribution in [0.25, 0.3) is 0 Å². The molecule has 0 unspecified atom stereocenters. The summed E-state index contributed by atoms with van der Waals surface area (Å²) in [7, 11) is -4.92. The van der Waals surface area contributed by atoms with Crippen molar-refractivity contribution >= 4 is 10.4 Å². The summed E-state index contributed by atoms with van der Waals surface area (Å²) in [5.74, 6) is 0. The van der Waals surface area contributed by atoms with Crippen LogP contribution in [0.3, 0.4) is 0 Å². The second-order valence-electron chi connectivity index (χ2n) is 1.31. The molecule has 1 aromatic heterocycles. The monoisotopic (exact) mass is 201 g/mol. The topological polar surface area (TPSA) is 93.2 Å². The number of aromatic amines is 1. The summed E-state index contributed by atoms with van der Waals surface area (Å²) >= 11 is 0. The summed E-state index contributed by atoms with van der Waals surface area (Å²) < 4.78 is 32.8. The highest BCUT2D eigenvalue weighted by Gasteiger charge is 1.67. The smallest absolute Gasteiger partial charge is 0.215 e. The first-order valence-corrected chi connectivity index (χ1v) is 3.63. The van der Waals surface area contributed by atoms with Crippen molar-refractivity contribution in [2.45, 2.75) is 0 Å². The molecule has 11 heavy (non-hydrogen) atoms. The van der Waals surface area contributed by atoms with Crippen LogP contribution >= 0.6 is 0 Å². The first-order valence-electron chi connectivity index (χ1n) is 2.26. The molecule has 1 aromatic rings. The predicted octanol–water partition coefficient (Wildman–Crippen LogP) is -0.516. The normalized spacial score (nSPS) is 8.91. The summed E-state index contributed by atoms with van der Waals surface area (Å²) in [6.45, 7) is 0. The van der Waals surface area contributed by atoms with Crippen LogP contribution in [0.2, 0.25) is 0 Å². The zero-order valence-corrected chi connectivity index (χ0v) is 7.05. The van der Waals surface area contributed by atoms with Gasteiger partial charge in [-0.1, -0.05) is 0 Å². The zero-order chi connectivity index (χ0) is 8.04. The zero-order valence-electron chi connectivity index (χ0n) is 5.34. The minimum atomic E-state index is -4.92. The van der Waals surface area contributed by atoms with Crippen molar-refractivity contribution in [2.75, 3.05) is 0 Å². The van der Waals surface area contributed by atoms with Crippen LogP contribution < -0.4 is 0 Å². The number of rotatable bonds is 0. The standard InChI is InChI=1S/C4H5N.ClH2.H2O4S/c1-2-4-5-3-1;;1-5(2,3)4/h1-5H;1H2;(H2,1,2,3,4)/q;+1;/p-1. The van der Waals surface area contributed by atoms with Crippen molar-refractivity contribution in [1.82, 2.24) is 4.98 Å². The lowest BCUT2D eigenvalue weighted by Crippen LogP contribution is -1.90. The maximum absolute atomic E-state index is 8.63. The highest BCUT2D eigenvalue weighted by Crippen LogP contribution is 1.72. The van der Waals surface area contributed by atoms with E-state index in [4.69, 9.17) is 17.5 Å². The fraction of sp³-hybridized carbons (Fsp3) is 0. The average molecular weight is 202 g/mol. The molecule has 0 saturated heterocycles. The Morgan fingerprint density at radius 2 is 1.55 bits per heavy atom. The van der Waals surface area contributed by atoms with Gasteiger partial charge in [0.2, 0.25) is 10.4 Å². The van der Waals surface area contributed by atoms with E-state index < -0.39 is 10.4 Å². The molecule has 66 valence electrons. The quantitative estimate of drug-likeness (QED) is 0.437. The van der Waals surface area contributed by atoms with E-state index in [1.165, 1.54) is 0 Å². The molecule has 2 N–H and O–H groups in total. The van der Waals surface area contributed by atoms with Gasteiger partial charge < -0.3 is 9.54 Å². The molecule has 0 saturated carbocycles. The SMILES string of the molecule is O=S(=O)([O-])O.[ClH2+].c1cc[nH]c1. The van der Waals surface area contributed by atoms with Crippen LogP contribution in [-0.4, -0.2) is 22.5 Å². The first kappa shape index (κ1) is 13.1. The number of hydrogen-bond acceptors (Lipinski definition) is 3. The average Bonchev–Trinajstić information content (AvgIpc) is 2.07. The van der Waals surface area contributed by atoms with Gasteiger partial charge in [-0.3, -0.25) is 4.55 Å². The molecule has 5 nitrogen and oxygen atoms in total. The van der Waals surface area contributed by atoms with Gasteiger partial charge in [-0.2, -0.15) is 0 Å². The number of hydrogen-bond donors (Lipinski definition) is 2. The lowest BCUT2D eigenvalue weighted by Gasteiger charge is -1.88. The number of H-pyrrole nitrogens is 1. The molecule has 0 radical (unpaired) electrons. The van der Waals surface area contributed by atoms with E-state index in [0.29, 0.717) is 0 Å². The van der Waals surface area contributed by atoms with Crippen LogP contribution in [0.5, 0.6) is 0 Å². The van der Waals surface area contributed by atoms with Crippen LogP contribution in [-0.2, 0) is 10.4 Å². The lowest BCUT2D eigenvalue weighted by atomic mass is 10.7. The third-order valence-corrected chi connectivity index (χ3v) is 0.496. The predicted molar refractivity (Wildman–Crippen MR) is 35.9 cm³/mol. The third kappa shape index (κ3) is 26.5. The Morgan fingerprint density at radius 3 is 1.64 bits per heavy atom. The molecular weight excluding hydrogens is 194 g/mol. The van der Waals surface area contributed by atoms with Gasteiger partial charge in [-0.05, 0) is 12.1 Å². The second-order valence-corrected chi connectivity index (χ2v) is 2.17. The third-order valence-electron chi connectivity index (χ3n) is 0.496. The Kier molecular flexibility index (Phi) is 7.33. The molecule has 0 aliphatic rings. The fourth-order valence-corrected chi connectivity index (χ4v) is 0.278. The highest BCUT2D eigenvalue weighted by molar-refractivity contribution is 7.79. The van der Waals surface area contributed by atoms with Crippen molar-refractivity contribution in [2.24, 2.45) is 0 Å². The molecule has 0 fully saturated rings. The van der Waals surface area contributed by atoms with Gasteiger partial charge in [0.1, 0.15) is 0 Å². The molecule has 1 heterocycles. The lowest BCUT2D eigenvalue weighted by molar-refractivity contribution is -0.00000915. The van der Waals surface area contributed by atoms with E-state index in [-0.39, 0.29) is 12.4 Å². The fourth-order valence-electron chi connectivity index (χ4n) is 0.278. The van der Waals surface area contributed by atoms with Gasteiger partial charge >= 0.3 is 0 Å². The van der Waals surface area contributed by atoms with Crippen molar-refractivity contribution in [1.29, 1.82) is 0 Å². The van der Waals surface area contributed by atoms with Crippen molar-refractivity contribution in [3.8, 4) is 0 Å². The van der Waals surface area contributed by atoms with E-state index in [0.717, 1.165) is 0 Å². The number of halogens is 1. The molecule has 1 rings (SSSR count). The summed E-state index contributed by atoms with van der Waals surface area (Å²) in [5.41, 5.74) is 0. The summed E-state index contributed by atoms with van der Waals surface area (Å²) in [4.78, 5) is 2.86. The second kappa shape index (κ2) is 6.17. The molecule has 0 spiro atoms. The summed E-state index contributed by atoms with van der Waals surface area (Å²) in [6, 6.07) is 3.89. The summed E-state index contributed by atoms with van der Waals surface area (Å²) in [5, 5.41) is 0. The van der Waals surface area contributed by atoms with Gasteiger partial charge in [-0.15, -0.1) is 0 Å². The van der Waals surface area contributed by atoms with E-state index in [2.05, 4.69) is 4.98 Å². The minimum Gasteiger partial charge on any atom is -0.726 e. The Bertz CT molecular complexity index is 218. The Hall–Kier alpha value is -0.560. The van der Waals surface area contributed by atoms with Crippen molar-refractivity contribution in [3.05, 3.63) is 24.5 Å². The van der Waals surface area contributed by atoms with E-state index in [1.807, 2.05) is 24.5 Å². The molecule has 0 atom stereocenters. The van der Waals surface area contributed by atoms with Crippen molar-refractivity contribution < 1.29 is 29.9 Å². The van der Waals surface area contributed by atoms with Crippen LogP contribution in [0, 0.1) is 12.4 Å². The largest absolute Gasteiger partial charge is 0.726 e. The Labute approximate surface area is 70.4 Å². The summed E-state index contributed by atoms with van der Waals surface area (Å²) in [6.07, 6.45) is 3.75.